The van der Waals surface area contributed by atoms with Crippen molar-refractivity contribution in [3.63, 3.8) is 0 Å². The summed E-state index contributed by atoms with van der Waals surface area (Å²) in [5.41, 5.74) is 5.48. The number of aryl methyl sites for hydroxylation is 2. The van der Waals surface area contributed by atoms with Gasteiger partial charge in [-0.15, -0.1) is 0 Å². The van der Waals surface area contributed by atoms with Crippen molar-refractivity contribution in [3.8, 4) is 11.5 Å². The molecule has 0 radical (unpaired) electrons. The normalized spacial score (nSPS) is 10.9. The number of ether oxygens (including phenoxy) is 2. The van der Waals surface area contributed by atoms with E-state index in [4.69, 9.17) is 9.47 Å². The highest BCUT2D eigenvalue weighted by Crippen LogP contribution is 2.36. The highest BCUT2D eigenvalue weighted by Gasteiger charge is 2.10. The smallest absolute Gasteiger partial charge is 0.243 e. The molecule has 128 valence electrons. The van der Waals surface area contributed by atoms with Crippen LogP contribution < -0.4 is 14.9 Å². The van der Waals surface area contributed by atoms with Gasteiger partial charge in [0.05, 0.1) is 24.4 Å². The fourth-order valence-corrected chi connectivity index (χ4v) is 2.67. The second-order valence-corrected chi connectivity index (χ2v) is 6.08. The van der Waals surface area contributed by atoms with E-state index in [-0.39, 0.29) is 0 Å². The van der Waals surface area contributed by atoms with Gasteiger partial charge in [0.1, 0.15) is 0 Å². The molecule has 0 aliphatic carbocycles. The fourth-order valence-electron chi connectivity index (χ4n) is 2.10. The number of benzene rings is 1. The highest BCUT2D eigenvalue weighted by molar-refractivity contribution is 9.10. The van der Waals surface area contributed by atoms with Gasteiger partial charge < -0.3 is 9.47 Å². The van der Waals surface area contributed by atoms with Gasteiger partial charge >= 0.3 is 0 Å². The third kappa shape index (κ3) is 4.92. The molecule has 0 saturated carbocycles. The van der Waals surface area contributed by atoms with E-state index >= 15 is 0 Å². The Labute approximate surface area is 150 Å². The Morgan fingerprint density at radius 3 is 2.54 bits per heavy atom. The number of hydrogen-bond acceptors (Lipinski definition) is 6. The molecule has 2 aromatic rings. The molecule has 0 saturated heterocycles. The predicted molar refractivity (Wildman–Crippen MR) is 99.2 cm³/mol. The fraction of sp³-hybridized carbons (Fsp3) is 0.353. The van der Waals surface area contributed by atoms with Crippen molar-refractivity contribution in [2.45, 2.75) is 27.2 Å². The second-order valence-electron chi connectivity index (χ2n) is 5.23. The lowest BCUT2D eigenvalue weighted by atomic mass is 10.2. The molecular weight excluding hydrogens is 372 g/mol. The summed E-state index contributed by atoms with van der Waals surface area (Å²) in [5.74, 6) is 1.82. The molecule has 2 rings (SSSR count). The monoisotopic (exact) mass is 392 g/mol. The van der Waals surface area contributed by atoms with Crippen LogP contribution >= 0.6 is 15.9 Å². The summed E-state index contributed by atoms with van der Waals surface area (Å²) in [6.07, 6.45) is 2.61. The first-order valence-electron chi connectivity index (χ1n) is 7.65. The molecular formula is C17H21BrN4O2. The summed E-state index contributed by atoms with van der Waals surface area (Å²) >= 11 is 3.51. The molecule has 6 nitrogen and oxygen atoms in total. The summed E-state index contributed by atoms with van der Waals surface area (Å²) in [7, 11) is 1.61. The zero-order valence-electron chi connectivity index (χ0n) is 14.3. The first-order valence-corrected chi connectivity index (χ1v) is 8.44. The summed E-state index contributed by atoms with van der Waals surface area (Å²) in [6.45, 7) is 6.53. The number of nitrogens with one attached hydrogen (secondary N) is 1. The van der Waals surface area contributed by atoms with E-state index in [0.717, 1.165) is 27.8 Å². The number of hydrazone groups is 1. The molecule has 0 unspecified atom stereocenters. The Balaban J connectivity index is 2.15. The first kappa shape index (κ1) is 18.2. The van der Waals surface area contributed by atoms with Crippen LogP contribution in [0.3, 0.4) is 0 Å². The van der Waals surface area contributed by atoms with Crippen molar-refractivity contribution in [1.82, 2.24) is 9.97 Å². The van der Waals surface area contributed by atoms with E-state index in [1.807, 2.05) is 32.0 Å². The molecule has 0 aliphatic heterocycles. The lowest BCUT2D eigenvalue weighted by Crippen LogP contribution is -2.01. The third-order valence-corrected chi connectivity index (χ3v) is 3.65. The van der Waals surface area contributed by atoms with E-state index in [1.54, 1.807) is 13.3 Å². The lowest BCUT2D eigenvalue weighted by molar-refractivity contribution is 0.292. The van der Waals surface area contributed by atoms with E-state index < -0.39 is 0 Å². The average molecular weight is 393 g/mol. The molecule has 0 amide bonds. The minimum absolute atomic E-state index is 0.470. The van der Waals surface area contributed by atoms with E-state index in [1.165, 1.54) is 0 Å². The number of methoxy groups -OCH3 is 1. The zero-order chi connectivity index (χ0) is 17.5. The van der Waals surface area contributed by atoms with Crippen molar-refractivity contribution in [3.05, 3.63) is 39.6 Å². The molecule has 0 fully saturated rings. The Morgan fingerprint density at radius 2 is 1.92 bits per heavy atom. The molecule has 1 aromatic heterocycles. The Hall–Kier alpha value is -2.15. The standard InChI is InChI=1S/C17H21BrN4O2/c1-5-6-24-16-14(18)8-13(9-15(16)23-4)10-19-22-17-20-11(2)7-12(3)21-17/h7-10H,5-6H2,1-4H3,(H,20,21,22)/b19-10-. The number of hydrogen-bond donors (Lipinski definition) is 1. The van der Waals surface area contributed by atoms with Crippen molar-refractivity contribution < 1.29 is 9.47 Å². The quantitative estimate of drug-likeness (QED) is 0.567. The van der Waals surface area contributed by atoms with Gasteiger partial charge in [0.25, 0.3) is 0 Å². The van der Waals surface area contributed by atoms with Crippen LogP contribution in [0.1, 0.15) is 30.3 Å². The molecule has 24 heavy (non-hydrogen) atoms. The maximum absolute atomic E-state index is 5.71. The van der Waals surface area contributed by atoms with Crippen LogP contribution in [-0.4, -0.2) is 29.9 Å². The number of aromatic nitrogens is 2. The number of anilines is 1. The van der Waals surface area contributed by atoms with Crippen LogP contribution in [0.5, 0.6) is 11.5 Å². The SMILES string of the molecule is CCCOc1c(Br)cc(/C=N\Nc2nc(C)cc(C)n2)cc1OC. The van der Waals surface area contributed by atoms with Crippen LogP contribution in [-0.2, 0) is 0 Å². The zero-order valence-corrected chi connectivity index (χ0v) is 15.8. The van der Waals surface area contributed by atoms with Gasteiger partial charge in [0, 0.05) is 11.4 Å². The number of rotatable bonds is 7. The Morgan fingerprint density at radius 1 is 1.21 bits per heavy atom. The van der Waals surface area contributed by atoms with Gasteiger partial charge in [-0.1, -0.05) is 6.92 Å². The predicted octanol–water partition coefficient (Wildman–Crippen LogP) is 4.10. The summed E-state index contributed by atoms with van der Waals surface area (Å²) < 4.78 is 11.9. The van der Waals surface area contributed by atoms with Gasteiger partial charge in [0.2, 0.25) is 5.95 Å². The maximum Gasteiger partial charge on any atom is 0.243 e. The second kappa shape index (κ2) is 8.63. The van der Waals surface area contributed by atoms with Gasteiger partial charge in [-0.2, -0.15) is 5.10 Å². The number of halogens is 1. The molecule has 0 atom stereocenters. The van der Waals surface area contributed by atoms with Gasteiger partial charge in [0.15, 0.2) is 11.5 Å². The lowest BCUT2D eigenvalue weighted by Gasteiger charge is -2.12. The molecule has 0 aliphatic rings. The molecule has 1 heterocycles. The molecule has 0 spiro atoms. The van der Waals surface area contributed by atoms with Crippen LogP contribution in [0.2, 0.25) is 0 Å². The first-order chi connectivity index (χ1) is 11.5. The third-order valence-electron chi connectivity index (χ3n) is 3.06. The minimum atomic E-state index is 0.470. The minimum Gasteiger partial charge on any atom is -0.493 e. The molecule has 0 bridgehead atoms. The topological polar surface area (TPSA) is 68.6 Å². The summed E-state index contributed by atoms with van der Waals surface area (Å²) in [6, 6.07) is 5.69. The highest BCUT2D eigenvalue weighted by atomic mass is 79.9. The van der Waals surface area contributed by atoms with Crippen LogP contribution in [0.15, 0.2) is 27.8 Å². The molecule has 7 heteroatoms. The van der Waals surface area contributed by atoms with Crippen molar-refractivity contribution in [1.29, 1.82) is 0 Å². The summed E-state index contributed by atoms with van der Waals surface area (Å²) in [5, 5.41) is 4.19. The average Bonchev–Trinajstić information content (AvgIpc) is 2.52. The van der Waals surface area contributed by atoms with Crippen LogP contribution in [0.4, 0.5) is 5.95 Å². The molecule has 1 N–H and O–H groups in total. The van der Waals surface area contributed by atoms with Crippen molar-refractivity contribution in [2.75, 3.05) is 19.1 Å². The Bertz CT molecular complexity index is 715. The van der Waals surface area contributed by atoms with E-state index in [9.17, 15) is 0 Å². The number of nitrogens with zero attached hydrogens (tertiary/aromatic N) is 3. The maximum atomic E-state index is 5.71. The van der Waals surface area contributed by atoms with Gasteiger partial charge in [-0.3, -0.25) is 0 Å². The van der Waals surface area contributed by atoms with Gasteiger partial charge in [-0.25, -0.2) is 15.4 Å². The van der Waals surface area contributed by atoms with Gasteiger partial charge in [-0.05, 0) is 60.0 Å². The van der Waals surface area contributed by atoms with Crippen molar-refractivity contribution in [2.24, 2.45) is 5.10 Å². The van der Waals surface area contributed by atoms with Crippen molar-refractivity contribution >= 4 is 28.1 Å². The van der Waals surface area contributed by atoms with E-state index in [2.05, 4.69) is 43.3 Å². The Kier molecular flexibility index (Phi) is 6.54. The van der Waals surface area contributed by atoms with Crippen LogP contribution in [0, 0.1) is 13.8 Å². The van der Waals surface area contributed by atoms with Crippen LogP contribution in [0.25, 0.3) is 0 Å². The largest absolute Gasteiger partial charge is 0.493 e. The molecule has 1 aromatic carbocycles. The summed E-state index contributed by atoms with van der Waals surface area (Å²) in [4.78, 5) is 8.55. The van der Waals surface area contributed by atoms with E-state index in [0.29, 0.717) is 24.1 Å².